The second-order valence-corrected chi connectivity index (χ2v) is 9.52. The Morgan fingerprint density at radius 1 is 1.31 bits per heavy atom. The second-order valence-electron chi connectivity index (χ2n) is 5.05. The van der Waals surface area contributed by atoms with Crippen molar-refractivity contribution in [1.82, 2.24) is 0 Å². The molecule has 0 aromatic heterocycles. The molecule has 0 aromatic rings. The SMILES string of the molecule is C=CCC(CC(C)C(F)(F)F)O[Si](C)(C)C. The fourth-order valence-electron chi connectivity index (χ4n) is 1.41. The predicted octanol–water partition coefficient (Wildman–Crippen LogP) is 4.37. The molecule has 0 aliphatic heterocycles. The molecule has 16 heavy (non-hydrogen) atoms. The van der Waals surface area contributed by atoms with E-state index >= 15 is 0 Å². The van der Waals surface area contributed by atoms with Crippen LogP contribution in [0.15, 0.2) is 12.7 Å². The molecule has 0 aliphatic rings. The third kappa shape index (κ3) is 7.06. The molecule has 0 fully saturated rings. The molecule has 0 N–H and O–H groups in total. The maximum atomic E-state index is 12.4. The van der Waals surface area contributed by atoms with Crippen molar-refractivity contribution in [2.24, 2.45) is 5.92 Å². The highest BCUT2D eigenvalue weighted by Crippen LogP contribution is 2.31. The van der Waals surface area contributed by atoms with Gasteiger partial charge in [0.1, 0.15) is 0 Å². The Labute approximate surface area is 96.8 Å². The van der Waals surface area contributed by atoms with Crippen LogP contribution in [0.4, 0.5) is 13.2 Å². The smallest absolute Gasteiger partial charge is 0.391 e. The van der Waals surface area contributed by atoms with E-state index in [0.29, 0.717) is 6.42 Å². The fourth-order valence-corrected chi connectivity index (χ4v) is 2.60. The number of halogens is 3. The predicted molar refractivity (Wildman–Crippen MR) is 62.9 cm³/mol. The van der Waals surface area contributed by atoms with Crippen LogP contribution in [0.5, 0.6) is 0 Å². The molecule has 0 amide bonds. The molecule has 0 radical (unpaired) electrons. The Balaban J connectivity index is 4.39. The van der Waals surface area contributed by atoms with Gasteiger partial charge in [0.25, 0.3) is 0 Å². The summed E-state index contributed by atoms with van der Waals surface area (Å²) in [4.78, 5) is 0. The van der Waals surface area contributed by atoms with Gasteiger partial charge in [0, 0.05) is 6.10 Å². The minimum absolute atomic E-state index is 0.0137. The highest BCUT2D eigenvalue weighted by atomic mass is 28.4. The summed E-state index contributed by atoms with van der Waals surface area (Å²) in [6, 6.07) is 0. The number of rotatable bonds is 6. The minimum Gasteiger partial charge on any atom is -0.414 e. The van der Waals surface area contributed by atoms with Gasteiger partial charge in [-0.15, -0.1) is 6.58 Å². The van der Waals surface area contributed by atoms with Gasteiger partial charge in [-0.3, -0.25) is 0 Å². The molecule has 0 bridgehead atoms. The summed E-state index contributed by atoms with van der Waals surface area (Å²) < 4.78 is 42.9. The Morgan fingerprint density at radius 2 is 1.81 bits per heavy atom. The first-order chi connectivity index (χ1) is 7.06. The standard InChI is InChI=1S/C11H21F3OSi/c1-6-7-10(15-16(3,4)5)8-9(2)11(12,13)14/h6,9-10H,1,7-8H2,2-5H3. The summed E-state index contributed by atoms with van der Waals surface area (Å²) in [7, 11) is -1.80. The minimum atomic E-state index is -4.14. The normalized spacial score (nSPS) is 16.9. The molecule has 1 nitrogen and oxygen atoms in total. The molecule has 0 saturated heterocycles. The highest BCUT2D eigenvalue weighted by molar-refractivity contribution is 6.69. The van der Waals surface area contributed by atoms with Crippen LogP contribution < -0.4 is 0 Å². The maximum Gasteiger partial charge on any atom is 0.391 e. The van der Waals surface area contributed by atoms with Gasteiger partial charge in [-0.25, -0.2) is 0 Å². The molecule has 2 atom stereocenters. The van der Waals surface area contributed by atoms with Gasteiger partial charge in [0.05, 0.1) is 5.92 Å². The average molecular weight is 254 g/mol. The summed E-state index contributed by atoms with van der Waals surface area (Å²) in [6.07, 6.45) is -2.39. The Hall–Kier alpha value is -0.293. The Bertz CT molecular complexity index is 220. The van der Waals surface area contributed by atoms with Gasteiger partial charge in [0.2, 0.25) is 0 Å². The third-order valence-corrected chi connectivity index (χ3v) is 3.17. The van der Waals surface area contributed by atoms with Crippen LogP contribution in [0.3, 0.4) is 0 Å². The van der Waals surface area contributed by atoms with Crippen molar-refractivity contribution in [3.63, 3.8) is 0 Å². The number of hydrogen-bond donors (Lipinski definition) is 0. The van der Waals surface area contributed by atoms with Crippen molar-refractivity contribution in [3.8, 4) is 0 Å². The summed E-state index contributed by atoms with van der Waals surface area (Å²) in [6.45, 7) is 10.7. The van der Waals surface area contributed by atoms with Crippen molar-refractivity contribution in [3.05, 3.63) is 12.7 Å². The van der Waals surface area contributed by atoms with Crippen molar-refractivity contribution >= 4 is 8.32 Å². The second kappa shape index (κ2) is 5.86. The van der Waals surface area contributed by atoms with Crippen molar-refractivity contribution in [2.75, 3.05) is 0 Å². The van der Waals surface area contributed by atoms with E-state index in [4.69, 9.17) is 4.43 Å². The molecule has 0 spiro atoms. The van der Waals surface area contributed by atoms with Crippen LogP contribution in [0.2, 0.25) is 19.6 Å². The quantitative estimate of drug-likeness (QED) is 0.505. The summed E-state index contributed by atoms with van der Waals surface area (Å²) in [5.41, 5.74) is 0. The first-order valence-corrected chi connectivity index (χ1v) is 8.82. The molecule has 0 saturated carbocycles. The molecular formula is C11H21F3OSi. The van der Waals surface area contributed by atoms with E-state index in [9.17, 15) is 13.2 Å². The Morgan fingerprint density at radius 3 is 2.12 bits per heavy atom. The molecule has 0 heterocycles. The van der Waals surface area contributed by atoms with Gasteiger partial charge in [-0.2, -0.15) is 13.2 Å². The lowest BCUT2D eigenvalue weighted by atomic mass is 10.0. The largest absolute Gasteiger partial charge is 0.414 e. The van der Waals surface area contributed by atoms with Crippen LogP contribution >= 0.6 is 0 Å². The van der Waals surface area contributed by atoms with E-state index in [1.807, 2.05) is 19.6 Å². The molecule has 2 unspecified atom stereocenters. The van der Waals surface area contributed by atoms with E-state index < -0.39 is 20.4 Å². The van der Waals surface area contributed by atoms with Gasteiger partial charge in [0.15, 0.2) is 8.32 Å². The molecule has 96 valence electrons. The lowest BCUT2D eigenvalue weighted by Crippen LogP contribution is -2.34. The van der Waals surface area contributed by atoms with Crippen molar-refractivity contribution in [2.45, 2.75) is 51.7 Å². The van der Waals surface area contributed by atoms with E-state index in [1.165, 1.54) is 6.92 Å². The molecular weight excluding hydrogens is 233 g/mol. The van der Waals surface area contributed by atoms with E-state index in [-0.39, 0.29) is 12.5 Å². The zero-order valence-corrected chi connectivity index (χ0v) is 11.4. The van der Waals surface area contributed by atoms with Crippen LogP contribution in [0.1, 0.15) is 19.8 Å². The third-order valence-electron chi connectivity index (χ3n) is 2.13. The van der Waals surface area contributed by atoms with Gasteiger partial charge in [-0.1, -0.05) is 13.0 Å². The van der Waals surface area contributed by atoms with E-state index in [1.54, 1.807) is 6.08 Å². The number of hydrogen-bond acceptors (Lipinski definition) is 1. The highest BCUT2D eigenvalue weighted by Gasteiger charge is 2.37. The first kappa shape index (κ1) is 15.7. The molecule has 0 rings (SSSR count). The lowest BCUT2D eigenvalue weighted by molar-refractivity contribution is -0.175. The lowest BCUT2D eigenvalue weighted by Gasteiger charge is -2.28. The van der Waals surface area contributed by atoms with E-state index in [0.717, 1.165) is 0 Å². The zero-order valence-electron chi connectivity index (χ0n) is 10.4. The average Bonchev–Trinajstić information content (AvgIpc) is 1.99. The van der Waals surface area contributed by atoms with Gasteiger partial charge >= 0.3 is 6.18 Å². The van der Waals surface area contributed by atoms with Crippen LogP contribution in [-0.4, -0.2) is 20.6 Å². The molecule has 5 heteroatoms. The Kier molecular flexibility index (Phi) is 5.76. The number of alkyl halides is 3. The summed E-state index contributed by atoms with van der Waals surface area (Å²) in [5.74, 6) is -1.33. The molecule has 0 aromatic carbocycles. The summed E-state index contributed by atoms with van der Waals surface area (Å²) in [5, 5.41) is 0. The monoisotopic (exact) mass is 254 g/mol. The van der Waals surface area contributed by atoms with Crippen molar-refractivity contribution < 1.29 is 17.6 Å². The van der Waals surface area contributed by atoms with Gasteiger partial charge in [-0.05, 0) is 32.5 Å². The van der Waals surface area contributed by atoms with Crippen LogP contribution in [0.25, 0.3) is 0 Å². The van der Waals surface area contributed by atoms with Gasteiger partial charge < -0.3 is 4.43 Å². The van der Waals surface area contributed by atoms with Crippen LogP contribution in [0, 0.1) is 5.92 Å². The zero-order chi connectivity index (χ0) is 13.0. The van der Waals surface area contributed by atoms with E-state index in [2.05, 4.69) is 6.58 Å². The molecule has 0 aliphatic carbocycles. The first-order valence-electron chi connectivity index (χ1n) is 5.41. The summed E-state index contributed by atoms with van der Waals surface area (Å²) >= 11 is 0. The topological polar surface area (TPSA) is 9.23 Å². The fraction of sp³-hybridized carbons (Fsp3) is 0.818. The van der Waals surface area contributed by atoms with Crippen LogP contribution in [-0.2, 0) is 4.43 Å². The van der Waals surface area contributed by atoms with Crippen molar-refractivity contribution in [1.29, 1.82) is 0 Å². The maximum absolute atomic E-state index is 12.4.